The van der Waals surface area contributed by atoms with Gasteiger partial charge in [0.25, 0.3) is 0 Å². The monoisotopic (exact) mass is 610 g/mol. The summed E-state index contributed by atoms with van der Waals surface area (Å²) in [5.74, 6) is -4.23. The number of nitrogens with zero attached hydrogens (tertiary/aromatic N) is 4. The number of carbonyl (C=O) groups is 2. The van der Waals surface area contributed by atoms with Crippen LogP contribution >= 0.6 is 0 Å². The largest absolute Gasteiger partial charge is 0.478 e. The number of anilines is 2. The van der Waals surface area contributed by atoms with Crippen molar-refractivity contribution in [3.05, 3.63) is 95.3 Å². The Morgan fingerprint density at radius 1 is 1.02 bits per heavy atom. The van der Waals surface area contributed by atoms with Crippen LogP contribution in [0.25, 0.3) is 0 Å². The first kappa shape index (κ1) is 32.5. The maximum absolute atomic E-state index is 14.6. The Labute approximate surface area is 255 Å². The molecule has 2 saturated heterocycles. The molecule has 1 amide bonds. The van der Waals surface area contributed by atoms with E-state index in [9.17, 15) is 22.8 Å². The number of benzene rings is 3. The lowest BCUT2D eigenvalue weighted by Gasteiger charge is -2.37. The number of carboxylic acids is 1. The number of amides is 1. The van der Waals surface area contributed by atoms with Crippen LogP contribution in [0.3, 0.4) is 0 Å². The van der Waals surface area contributed by atoms with Gasteiger partial charge in [-0.1, -0.05) is 32.0 Å². The molecule has 2 aliphatic rings. The van der Waals surface area contributed by atoms with E-state index in [2.05, 4.69) is 10.0 Å². The smallest absolute Gasteiger partial charge is 0.415 e. The number of likely N-dealkylation sites (tertiary alicyclic amines) is 1. The average molecular weight is 611 g/mol. The van der Waals surface area contributed by atoms with Crippen molar-refractivity contribution in [2.45, 2.75) is 51.7 Å². The van der Waals surface area contributed by atoms with E-state index in [0.29, 0.717) is 62.9 Å². The minimum absolute atomic E-state index is 0.00536. The molecule has 11 heteroatoms. The van der Waals surface area contributed by atoms with E-state index in [1.165, 1.54) is 12.1 Å². The standard InChI is InChI=1S/C31H31F3N4O4.C2H6/c1-21(25-18-27(33)28(34)19-26(25)32)38(24-6-3-2-4-7-24)35-14-5-15-36-16-12-31(13-17-36)20-37(30(41)42-31)23-10-8-22(9-11-23)29(39)40;1-2/h2-4,6-11,14,18-19,21H,5,12-13,15-17,20H2,1H3,(H,39,40);1-2H3/b35-14-;. The number of hydrogen-bond donors (Lipinski definition) is 1. The van der Waals surface area contributed by atoms with Gasteiger partial charge in [0, 0.05) is 56.0 Å². The fourth-order valence-electron chi connectivity index (χ4n) is 5.40. The molecule has 0 bridgehead atoms. The molecule has 8 nitrogen and oxygen atoms in total. The predicted octanol–water partition coefficient (Wildman–Crippen LogP) is 7.26. The molecule has 0 radical (unpaired) electrons. The first-order valence-electron chi connectivity index (χ1n) is 14.7. The number of rotatable bonds is 9. The van der Waals surface area contributed by atoms with Crippen LogP contribution in [-0.2, 0) is 4.74 Å². The summed E-state index contributed by atoms with van der Waals surface area (Å²) < 4.78 is 47.8. The highest BCUT2D eigenvalue weighted by molar-refractivity contribution is 5.92. The molecular formula is C33H37F3N4O4. The summed E-state index contributed by atoms with van der Waals surface area (Å²) in [6.07, 6.45) is 3.19. The molecule has 44 heavy (non-hydrogen) atoms. The lowest BCUT2D eigenvalue weighted by atomic mass is 9.91. The number of piperidine rings is 1. The van der Waals surface area contributed by atoms with Gasteiger partial charge in [0.2, 0.25) is 0 Å². The van der Waals surface area contributed by atoms with Gasteiger partial charge in [-0.3, -0.25) is 9.91 Å². The van der Waals surface area contributed by atoms with E-state index >= 15 is 0 Å². The second-order valence-corrected chi connectivity index (χ2v) is 10.6. The number of hydrazone groups is 1. The molecule has 234 valence electrons. The van der Waals surface area contributed by atoms with E-state index in [1.807, 2.05) is 44.2 Å². The third kappa shape index (κ3) is 7.39. The Bertz CT molecular complexity index is 1460. The maximum atomic E-state index is 14.6. The summed E-state index contributed by atoms with van der Waals surface area (Å²) in [7, 11) is 0. The fraction of sp³-hybridized carbons (Fsp3) is 0.364. The summed E-state index contributed by atoms with van der Waals surface area (Å²) in [6, 6.07) is 16.0. The van der Waals surface area contributed by atoms with Crippen LogP contribution in [0.15, 0.2) is 71.8 Å². The van der Waals surface area contributed by atoms with E-state index in [1.54, 1.807) is 35.2 Å². The van der Waals surface area contributed by atoms with E-state index < -0.39 is 41.2 Å². The van der Waals surface area contributed by atoms with Crippen molar-refractivity contribution in [3.63, 3.8) is 0 Å². The third-order valence-electron chi connectivity index (χ3n) is 7.82. The van der Waals surface area contributed by atoms with Crippen molar-refractivity contribution in [2.75, 3.05) is 36.1 Å². The molecule has 0 saturated carbocycles. The number of hydrogen-bond acceptors (Lipinski definition) is 6. The second kappa shape index (κ2) is 14.4. The van der Waals surface area contributed by atoms with Crippen LogP contribution in [0, 0.1) is 17.5 Å². The number of aromatic carboxylic acids is 1. The zero-order valence-electron chi connectivity index (χ0n) is 25.1. The van der Waals surface area contributed by atoms with Crippen molar-refractivity contribution < 1.29 is 32.6 Å². The summed E-state index contributed by atoms with van der Waals surface area (Å²) in [5.41, 5.74) is 0.822. The number of halogens is 3. The molecule has 2 aliphatic heterocycles. The minimum Gasteiger partial charge on any atom is -0.478 e. The molecule has 0 aliphatic carbocycles. The van der Waals surface area contributed by atoms with Crippen LogP contribution in [0.1, 0.15) is 62.0 Å². The fourth-order valence-corrected chi connectivity index (χ4v) is 5.40. The Hall–Kier alpha value is -4.38. The van der Waals surface area contributed by atoms with Gasteiger partial charge in [0.1, 0.15) is 11.4 Å². The molecule has 1 atom stereocenters. The summed E-state index contributed by atoms with van der Waals surface area (Å²) in [6.45, 7) is 8.21. The van der Waals surface area contributed by atoms with Gasteiger partial charge in [-0.15, -0.1) is 0 Å². The highest BCUT2D eigenvalue weighted by atomic mass is 19.2. The van der Waals surface area contributed by atoms with Crippen LogP contribution in [0.4, 0.5) is 29.3 Å². The third-order valence-corrected chi connectivity index (χ3v) is 7.82. The molecule has 2 fully saturated rings. The van der Waals surface area contributed by atoms with Gasteiger partial charge in [-0.2, -0.15) is 5.10 Å². The van der Waals surface area contributed by atoms with Gasteiger partial charge in [0.15, 0.2) is 11.6 Å². The van der Waals surface area contributed by atoms with Gasteiger partial charge in [0.05, 0.1) is 23.8 Å². The Morgan fingerprint density at radius 3 is 2.30 bits per heavy atom. The SMILES string of the molecule is CC.CC(c1cc(F)c(F)cc1F)N(/N=C\CCN1CCC2(CC1)CN(c1ccc(C(=O)O)cc1)C(=O)O2)c1ccccc1. The van der Waals surface area contributed by atoms with E-state index in [0.717, 1.165) is 6.07 Å². The predicted molar refractivity (Wildman–Crippen MR) is 164 cm³/mol. The quantitative estimate of drug-likeness (QED) is 0.156. The normalized spacial score (nSPS) is 16.9. The number of para-hydroxylation sites is 1. The van der Waals surface area contributed by atoms with Gasteiger partial charge in [-0.05, 0) is 55.8 Å². The zero-order valence-corrected chi connectivity index (χ0v) is 25.1. The van der Waals surface area contributed by atoms with E-state index in [-0.39, 0.29) is 11.1 Å². The second-order valence-electron chi connectivity index (χ2n) is 10.6. The van der Waals surface area contributed by atoms with Gasteiger partial charge < -0.3 is 14.7 Å². The van der Waals surface area contributed by atoms with Crippen molar-refractivity contribution in [1.82, 2.24) is 4.90 Å². The summed E-state index contributed by atoms with van der Waals surface area (Å²) in [5, 5.41) is 15.3. The molecule has 1 spiro atoms. The lowest BCUT2D eigenvalue weighted by Crippen LogP contribution is -2.47. The van der Waals surface area contributed by atoms with Crippen LogP contribution in [0.5, 0.6) is 0 Å². The van der Waals surface area contributed by atoms with Crippen LogP contribution < -0.4 is 9.91 Å². The summed E-state index contributed by atoms with van der Waals surface area (Å²) >= 11 is 0. The number of carbonyl (C=O) groups excluding carboxylic acids is 1. The van der Waals surface area contributed by atoms with Crippen molar-refractivity contribution >= 4 is 29.7 Å². The molecule has 1 unspecified atom stereocenters. The van der Waals surface area contributed by atoms with E-state index in [4.69, 9.17) is 9.84 Å². The maximum Gasteiger partial charge on any atom is 0.415 e. The molecule has 3 aromatic rings. The van der Waals surface area contributed by atoms with Gasteiger partial charge >= 0.3 is 12.1 Å². The Morgan fingerprint density at radius 2 is 1.66 bits per heavy atom. The van der Waals surface area contributed by atoms with Crippen LogP contribution in [0.2, 0.25) is 0 Å². The number of carboxylic acid groups (broad SMARTS) is 1. The molecule has 5 rings (SSSR count). The first-order chi connectivity index (χ1) is 21.2. The van der Waals surface area contributed by atoms with Crippen LogP contribution in [-0.4, -0.2) is 60.1 Å². The summed E-state index contributed by atoms with van der Waals surface area (Å²) in [4.78, 5) is 27.6. The lowest BCUT2D eigenvalue weighted by molar-refractivity contribution is 0.00166. The zero-order chi connectivity index (χ0) is 31.9. The molecule has 0 aromatic heterocycles. The highest BCUT2D eigenvalue weighted by Crippen LogP contribution is 2.36. The topological polar surface area (TPSA) is 85.7 Å². The Kier molecular flexibility index (Phi) is 10.6. The first-order valence-corrected chi connectivity index (χ1v) is 14.7. The number of ether oxygens (including phenoxy) is 1. The van der Waals surface area contributed by atoms with Crippen molar-refractivity contribution in [1.29, 1.82) is 0 Å². The minimum atomic E-state index is -1.24. The molecular weight excluding hydrogens is 573 g/mol. The van der Waals surface area contributed by atoms with Crippen molar-refractivity contribution in [3.8, 4) is 0 Å². The molecule has 1 N–H and O–H groups in total. The molecule has 2 heterocycles. The Balaban J connectivity index is 0.00000216. The van der Waals surface area contributed by atoms with Crippen molar-refractivity contribution in [2.24, 2.45) is 5.10 Å². The van der Waals surface area contributed by atoms with Gasteiger partial charge in [-0.25, -0.2) is 22.8 Å². The highest BCUT2D eigenvalue weighted by Gasteiger charge is 2.47. The average Bonchev–Trinajstić information content (AvgIpc) is 3.36. The molecule has 3 aromatic carbocycles.